The van der Waals surface area contributed by atoms with Gasteiger partial charge in [-0.25, -0.2) is 23.1 Å². The Morgan fingerprint density at radius 3 is 2.56 bits per heavy atom. The highest BCUT2D eigenvalue weighted by molar-refractivity contribution is 5.76. The number of aromatic nitrogens is 4. The van der Waals surface area contributed by atoms with E-state index in [-0.39, 0.29) is 18.0 Å². The van der Waals surface area contributed by atoms with Gasteiger partial charge in [0.05, 0.1) is 32.2 Å². The molecular weight excluding hydrogens is 475 g/mol. The zero-order valence-electron chi connectivity index (χ0n) is 20.1. The molecule has 2 aliphatic rings. The normalized spacial score (nSPS) is 22.3. The van der Waals surface area contributed by atoms with Crippen LogP contribution in [0, 0.1) is 23.4 Å². The maximum absolute atomic E-state index is 14.3. The Balaban J connectivity index is 1.37. The van der Waals surface area contributed by atoms with E-state index in [4.69, 9.17) is 14.5 Å². The molecular formula is C24H30F3N7O2. The Morgan fingerprint density at radius 1 is 1.08 bits per heavy atom. The summed E-state index contributed by atoms with van der Waals surface area (Å²) in [6.07, 6.45) is 6.38. The Morgan fingerprint density at radius 2 is 1.86 bits per heavy atom. The summed E-state index contributed by atoms with van der Waals surface area (Å²) in [6, 6.07) is 1.37. The van der Waals surface area contributed by atoms with Crippen molar-refractivity contribution in [2.75, 3.05) is 44.2 Å². The van der Waals surface area contributed by atoms with Gasteiger partial charge in [-0.3, -0.25) is 9.88 Å². The third-order valence-electron chi connectivity index (χ3n) is 6.73. The molecule has 1 saturated heterocycles. The second-order valence-electron chi connectivity index (χ2n) is 9.33. The van der Waals surface area contributed by atoms with Crippen molar-refractivity contribution < 1.29 is 22.6 Å². The maximum atomic E-state index is 14.3. The lowest BCUT2D eigenvalue weighted by molar-refractivity contribution is 0.0750. The first-order valence-electron chi connectivity index (χ1n) is 12.2. The molecule has 3 N–H and O–H groups in total. The highest BCUT2D eigenvalue weighted by Crippen LogP contribution is 2.32. The van der Waals surface area contributed by atoms with Crippen LogP contribution in [0.3, 0.4) is 0 Å². The molecule has 0 bridgehead atoms. The quantitative estimate of drug-likeness (QED) is 0.295. The van der Waals surface area contributed by atoms with Crippen molar-refractivity contribution in [2.45, 2.75) is 44.2 Å². The summed E-state index contributed by atoms with van der Waals surface area (Å²) in [5, 5.41) is 9.12. The zero-order valence-corrected chi connectivity index (χ0v) is 20.1. The van der Waals surface area contributed by atoms with E-state index in [1.54, 1.807) is 10.8 Å². The SMILES string of the molecule is CNCOCC1CCC(Nc2ncc3nc(Nc4c(F)cc(F)cc4F)n([C@H]4CCOC4)c3n2)CC1. The molecule has 3 aromatic rings. The highest BCUT2D eigenvalue weighted by Gasteiger charge is 2.27. The van der Waals surface area contributed by atoms with Gasteiger partial charge in [0, 0.05) is 24.8 Å². The first-order chi connectivity index (χ1) is 17.5. The maximum Gasteiger partial charge on any atom is 0.224 e. The van der Waals surface area contributed by atoms with E-state index in [0.29, 0.717) is 61.5 Å². The van der Waals surface area contributed by atoms with E-state index in [9.17, 15) is 13.2 Å². The van der Waals surface area contributed by atoms with E-state index in [1.165, 1.54) is 0 Å². The van der Waals surface area contributed by atoms with Gasteiger partial charge in [0.2, 0.25) is 11.9 Å². The van der Waals surface area contributed by atoms with E-state index in [0.717, 1.165) is 32.3 Å². The average molecular weight is 506 g/mol. The molecule has 0 spiro atoms. The van der Waals surface area contributed by atoms with Crippen LogP contribution in [0.25, 0.3) is 11.2 Å². The minimum absolute atomic E-state index is 0.125. The molecule has 194 valence electrons. The minimum Gasteiger partial charge on any atom is -0.379 e. The highest BCUT2D eigenvalue weighted by atomic mass is 19.1. The number of ether oxygens (including phenoxy) is 2. The Kier molecular flexibility index (Phi) is 7.54. The van der Waals surface area contributed by atoms with Gasteiger partial charge in [0.15, 0.2) is 17.3 Å². The molecule has 0 unspecified atom stereocenters. The summed E-state index contributed by atoms with van der Waals surface area (Å²) in [7, 11) is 1.86. The first kappa shape index (κ1) is 24.7. The molecule has 1 aromatic carbocycles. The average Bonchev–Trinajstić information content (AvgIpc) is 3.50. The number of hydrogen-bond acceptors (Lipinski definition) is 8. The summed E-state index contributed by atoms with van der Waals surface area (Å²) in [5.74, 6) is -1.87. The molecule has 3 heterocycles. The number of nitrogens with one attached hydrogen (secondary N) is 3. The van der Waals surface area contributed by atoms with Crippen LogP contribution in [-0.2, 0) is 9.47 Å². The van der Waals surface area contributed by atoms with Gasteiger partial charge in [0.1, 0.15) is 17.0 Å². The number of benzene rings is 1. The molecule has 9 nitrogen and oxygen atoms in total. The van der Waals surface area contributed by atoms with Crippen molar-refractivity contribution in [1.29, 1.82) is 0 Å². The van der Waals surface area contributed by atoms with E-state index in [2.05, 4.69) is 25.9 Å². The zero-order chi connectivity index (χ0) is 25.1. The number of halogens is 3. The van der Waals surface area contributed by atoms with E-state index < -0.39 is 23.1 Å². The molecule has 0 amide bonds. The fraction of sp³-hybridized carbons (Fsp3) is 0.542. The number of fused-ring (bicyclic) bond motifs is 1. The van der Waals surface area contributed by atoms with Crippen molar-refractivity contribution in [3.05, 3.63) is 35.8 Å². The van der Waals surface area contributed by atoms with Crippen LogP contribution in [0.1, 0.15) is 38.1 Å². The lowest BCUT2D eigenvalue weighted by Gasteiger charge is -2.29. The van der Waals surface area contributed by atoms with Gasteiger partial charge >= 0.3 is 0 Å². The van der Waals surface area contributed by atoms with Crippen molar-refractivity contribution in [3.8, 4) is 0 Å². The molecule has 2 aromatic heterocycles. The van der Waals surface area contributed by atoms with Crippen LogP contribution in [0.4, 0.5) is 30.8 Å². The van der Waals surface area contributed by atoms with Gasteiger partial charge in [-0.2, -0.15) is 4.98 Å². The van der Waals surface area contributed by atoms with Crippen LogP contribution in [0.15, 0.2) is 18.3 Å². The third-order valence-corrected chi connectivity index (χ3v) is 6.73. The van der Waals surface area contributed by atoms with Gasteiger partial charge in [-0.05, 0) is 45.1 Å². The number of imidazole rings is 1. The van der Waals surface area contributed by atoms with Crippen molar-refractivity contribution in [1.82, 2.24) is 24.8 Å². The molecule has 1 aliphatic heterocycles. The largest absolute Gasteiger partial charge is 0.379 e. The summed E-state index contributed by atoms with van der Waals surface area (Å²) in [4.78, 5) is 13.6. The smallest absolute Gasteiger partial charge is 0.224 e. The topological polar surface area (TPSA) is 98.2 Å². The molecule has 1 aliphatic carbocycles. The van der Waals surface area contributed by atoms with Crippen LogP contribution >= 0.6 is 0 Å². The Labute approximate surface area is 206 Å². The van der Waals surface area contributed by atoms with Crippen LogP contribution in [-0.4, -0.2) is 59.2 Å². The molecule has 1 atom stereocenters. The number of rotatable bonds is 9. The lowest BCUT2D eigenvalue weighted by Crippen LogP contribution is -2.29. The number of nitrogens with zero attached hydrogens (tertiary/aromatic N) is 4. The Bertz CT molecular complexity index is 1170. The molecule has 36 heavy (non-hydrogen) atoms. The molecule has 0 radical (unpaired) electrons. The van der Waals surface area contributed by atoms with Gasteiger partial charge in [0.25, 0.3) is 0 Å². The van der Waals surface area contributed by atoms with Crippen molar-refractivity contribution >= 4 is 28.7 Å². The van der Waals surface area contributed by atoms with Crippen molar-refractivity contribution in [2.24, 2.45) is 5.92 Å². The van der Waals surface area contributed by atoms with Crippen molar-refractivity contribution in [3.63, 3.8) is 0 Å². The predicted molar refractivity (Wildman–Crippen MR) is 129 cm³/mol. The number of anilines is 3. The molecule has 2 fully saturated rings. The number of hydrogen-bond donors (Lipinski definition) is 3. The summed E-state index contributed by atoms with van der Waals surface area (Å²) in [5.41, 5.74) is 0.527. The first-order valence-corrected chi connectivity index (χ1v) is 12.2. The fourth-order valence-corrected chi connectivity index (χ4v) is 4.88. The fourth-order valence-electron chi connectivity index (χ4n) is 4.88. The van der Waals surface area contributed by atoms with Gasteiger partial charge < -0.3 is 20.1 Å². The lowest BCUT2D eigenvalue weighted by atomic mass is 9.86. The van der Waals surface area contributed by atoms with Crippen LogP contribution in [0.5, 0.6) is 0 Å². The standard InChI is InChI=1S/C24H30F3N7O2/c1-28-13-36-11-14-2-4-16(5-3-14)30-23-29-10-20-22(33-23)34(17-6-7-35-12-17)24(31-20)32-21-18(26)8-15(25)9-19(21)27/h8-10,14,16-17,28H,2-7,11-13H2,1H3,(H,31,32)(H,29,30,33)/t14?,16?,17-/m0/s1. The van der Waals surface area contributed by atoms with Gasteiger partial charge in [-0.15, -0.1) is 0 Å². The predicted octanol–water partition coefficient (Wildman–Crippen LogP) is 4.11. The monoisotopic (exact) mass is 505 g/mol. The summed E-state index contributed by atoms with van der Waals surface area (Å²) >= 11 is 0. The third kappa shape index (κ3) is 5.40. The van der Waals surface area contributed by atoms with Crippen LogP contribution < -0.4 is 16.0 Å². The second kappa shape index (κ2) is 11.0. The second-order valence-corrected chi connectivity index (χ2v) is 9.33. The van der Waals surface area contributed by atoms with E-state index in [1.807, 2.05) is 7.05 Å². The van der Waals surface area contributed by atoms with E-state index >= 15 is 0 Å². The minimum atomic E-state index is -1.05. The Hall–Kier alpha value is -2.96. The summed E-state index contributed by atoms with van der Waals surface area (Å²) in [6.45, 7) is 2.29. The van der Waals surface area contributed by atoms with Crippen LogP contribution in [0.2, 0.25) is 0 Å². The molecule has 12 heteroatoms. The van der Waals surface area contributed by atoms with Gasteiger partial charge in [-0.1, -0.05) is 0 Å². The molecule has 1 saturated carbocycles. The summed E-state index contributed by atoms with van der Waals surface area (Å²) < 4.78 is 55.0. The molecule has 5 rings (SSSR count).